The second kappa shape index (κ2) is 7.38. The number of hydrogen-bond acceptors (Lipinski definition) is 6. The lowest BCUT2D eigenvalue weighted by atomic mass is 10.2. The van der Waals surface area contributed by atoms with Gasteiger partial charge in [-0.15, -0.1) is 11.3 Å². The Labute approximate surface area is 147 Å². The number of nitrogens with zero attached hydrogens (tertiary/aromatic N) is 4. The summed E-state index contributed by atoms with van der Waals surface area (Å²) < 4.78 is 5.44. The molecule has 0 radical (unpaired) electrons. The maximum atomic E-state index is 12.2. The number of carbonyl (C=O) groups is 2. The molecule has 2 heterocycles. The molecule has 0 aliphatic carbocycles. The van der Waals surface area contributed by atoms with Gasteiger partial charge in [0.25, 0.3) is 5.91 Å². The van der Waals surface area contributed by atoms with Crippen LogP contribution in [0.15, 0.2) is 5.38 Å². The molecule has 0 aromatic carbocycles. The molecule has 1 fully saturated rings. The second-order valence-corrected chi connectivity index (χ2v) is 7.86. The first-order chi connectivity index (χ1) is 11.2. The number of thiazole rings is 1. The Hall–Kier alpha value is -1.83. The van der Waals surface area contributed by atoms with Crippen molar-refractivity contribution in [3.05, 3.63) is 11.1 Å². The largest absolute Gasteiger partial charge is 0.444 e. The van der Waals surface area contributed by atoms with Crippen molar-refractivity contribution in [3.63, 3.8) is 0 Å². The van der Waals surface area contributed by atoms with Gasteiger partial charge in [0.2, 0.25) is 0 Å². The van der Waals surface area contributed by atoms with Gasteiger partial charge in [0.05, 0.1) is 0 Å². The molecule has 8 heteroatoms. The lowest BCUT2D eigenvalue weighted by molar-refractivity contribution is 0.0263. The minimum atomic E-state index is -0.486. The van der Waals surface area contributed by atoms with Crippen molar-refractivity contribution >= 4 is 28.5 Å². The Kier molecular flexibility index (Phi) is 5.69. The first-order valence-electron chi connectivity index (χ1n) is 8.07. The number of amides is 2. The molecular formula is C16H26N4O3S. The van der Waals surface area contributed by atoms with Crippen LogP contribution in [-0.2, 0) is 4.74 Å². The fourth-order valence-corrected chi connectivity index (χ4v) is 3.21. The highest BCUT2D eigenvalue weighted by Gasteiger charge is 2.25. The molecule has 1 aromatic rings. The maximum Gasteiger partial charge on any atom is 0.410 e. The fraction of sp³-hybridized carbons (Fsp3) is 0.688. The monoisotopic (exact) mass is 354 g/mol. The summed E-state index contributed by atoms with van der Waals surface area (Å²) in [5.41, 5.74) is -0.0203. The molecule has 134 valence electrons. The molecule has 1 aliphatic heterocycles. The van der Waals surface area contributed by atoms with E-state index < -0.39 is 5.60 Å². The van der Waals surface area contributed by atoms with Gasteiger partial charge in [-0.05, 0) is 27.2 Å². The van der Waals surface area contributed by atoms with E-state index in [1.165, 1.54) is 16.2 Å². The average molecular weight is 354 g/mol. The van der Waals surface area contributed by atoms with Crippen molar-refractivity contribution in [1.29, 1.82) is 0 Å². The number of rotatable bonds is 2. The van der Waals surface area contributed by atoms with Crippen LogP contribution in [0, 0.1) is 0 Å². The van der Waals surface area contributed by atoms with Crippen molar-refractivity contribution in [2.24, 2.45) is 0 Å². The summed E-state index contributed by atoms with van der Waals surface area (Å²) in [6, 6.07) is 0. The minimum absolute atomic E-state index is 0.0947. The van der Waals surface area contributed by atoms with Gasteiger partial charge in [0.15, 0.2) is 5.13 Å². The third-order valence-corrected chi connectivity index (χ3v) is 4.44. The Bertz CT molecular complexity index is 594. The van der Waals surface area contributed by atoms with E-state index in [4.69, 9.17) is 4.74 Å². The van der Waals surface area contributed by atoms with Crippen LogP contribution in [0.25, 0.3) is 0 Å². The zero-order chi connectivity index (χ0) is 17.9. The zero-order valence-electron chi connectivity index (χ0n) is 15.0. The normalized spacial score (nSPS) is 15.9. The van der Waals surface area contributed by atoms with Crippen LogP contribution < -0.4 is 4.90 Å². The zero-order valence-corrected chi connectivity index (χ0v) is 15.9. The third-order valence-electron chi connectivity index (χ3n) is 3.54. The van der Waals surface area contributed by atoms with Gasteiger partial charge in [-0.25, -0.2) is 9.78 Å². The maximum absolute atomic E-state index is 12.2. The molecule has 0 spiro atoms. The highest BCUT2D eigenvalue weighted by Crippen LogP contribution is 2.23. The predicted molar refractivity (Wildman–Crippen MR) is 94.8 cm³/mol. The SMILES string of the molecule is CN(C)C(=O)c1csc(N2CCCN(C(=O)OC(C)(C)C)CC2)n1. The van der Waals surface area contributed by atoms with Crippen molar-refractivity contribution in [1.82, 2.24) is 14.8 Å². The summed E-state index contributed by atoms with van der Waals surface area (Å²) in [7, 11) is 3.43. The number of aromatic nitrogens is 1. The molecular weight excluding hydrogens is 328 g/mol. The molecule has 24 heavy (non-hydrogen) atoms. The summed E-state index contributed by atoms with van der Waals surface area (Å²) in [5, 5.41) is 2.61. The molecule has 0 saturated carbocycles. The van der Waals surface area contributed by atoms with E-state index in [0.717, 1.165) is 18.1 Å². The Morgan fingerprint density at radius 2 is 1.92 bits per heavy atom. The van der Waals surface area contributed by atoms with E-state index in [1.54, 1.807) is 24.4 Å². The van der Waals surface area contributed by atoms with E-state index in [0.29, 0.717) is 25.3 Å². The second-order valence-electron chi connectivity index (χ2n) is 7.02. The Morgan fingerprint density at radius 1 is 1.21 bits per heavy atom. The highest BCUT2D eigenvalue weighted by molar-refractivity contribution is 7.13. The van der Waals surface area contributed by atoms with Crippen LogP contribution in [0.3, 0.4) is 0 Å². The smallest absolute Gasteiger partial charge is 0.410 e. The Morgan fingerprint density at radius 3 is 2.54 bits per heavy atom. The summed E-state index contributed by atoms with van der Waals surface area (Å²) in [6.07, 6.45) is 0.572. The molecule has 1 aromatic heterocycles. The molecule has 0 N–H and O–H groups in total. The summed E-state index contributed by atoms with van der Waals surface area (Å²) in [4.78, 5) is 34.0. The number of ether oxygens (including phenoxy) is 1. The lowest BCUT2D eigenvalue weighted by Gasteiger charge is -2.26. The molecule has 0 bridgehead atoms. The van der Waals surface area contributed by atoms with Crippen molar-refractivity contribution < 1.29 is 14.3 Å². The number of anilines is 1. The predicted octanol–water partition coefficient (Wildman–Crippen LogP) is 2.29. The van der Waals surface area contributed by atoms with Crippen LogP contribution in [-0.4, -0.2) is 72.7 Å². The molecule has 0 unspecified atom stereocenters. The topological polar surface area (TPSA) is 66.0 Å². The first kappa shape index (κ1) is 18.5. The average Bonchev–Trinajstić information content (AvgIpc) is 2.82. The van der Waals surface area contributed by atoms with Gasteiger partial charge in [-0.3, -0.25) is 4.79 Å². The summed E-state index contributed by atoms with van der Waals surface area (Å²) >= 11 is 1.46. The number of carbonyl (C=O) groups excluding carboxylic acids is 2. The van der Waals surface area contributed by atoms with Gasteiger partial charge in [0.1, 0.15) is 11.3 Å². The molecule has 0 atom stereocenters. The van der Waals surface area contributed by atoms with Gasteiger partial charge in [-0.1, -0.05) is 0 Å². The summed E-state index contributed by atoms with van der Waals surface area (Å²) in [5.74, 6) is -0.0947. The van der Waals surface area contributed by atoms with Crippen LogP contribution in [0.4, 0.5) is 9.93 Å². The molecule has 2 amide bonds. The quantitative estimate of drug-likeness (QED) is 0.815. The van der Waals surface area contributed by atoms with Crippen LogP contribution in [0.1, 0.15) is 37.7 Å². The standard InChI is InChI=1S/C16H26N4O3S/c1-16(2,3)23-15(22)20-8-6-7-19(9-10-20)14-17-12(11-24-14)13(21)18(4)5/h11H,6-10H2,1-5H3. The number of hydrogen-bond donors (Lipinski definition) is 0. The summed E-state index contributed by atoms with van der Waals surface area (Å²) in [6.45, 7) is 8.35. The fourth-order valence-electron chi connectivity index (χ4n) is 2.35. The molecule has 7 nitrogen and oxygen atoms in total. The Balaban J connectivity index is 1.98. The van der Waals surface area contributed by atoms with Gasteiger partial charge < -0.3 is 19.4 Å². The van der Waals surface area contributed by atoms with Crippen molar-refractivity contribution in [2.75, 3.05) is 45.2 Å². The van der Waals surface area contributed by atoms with E-state index in [-0.39, 0.29) is 12.0 Å². The van der Waals surface area contributed by atoms with E-state index >= 15 is 0 Å². The van der Waals surface area contributed by atoms with Crippen molar-refractivity contribution in [3.8, 4) is 0 Å². The molecule has 1 aliphatic rings. The first-order valence-corrected chi connectivity index (χ1v) is 8.95. The van der Waals surface area contributed by atoms with Gasteiger partial charge in [-0.2, -0.15) is 0 Å². The van der Waals surface area contributed by atoms with E-state index in [9.17, 15) is 9.59 Å². The van der Waals surface area contributed by atoms with E-state index in [1.807, 2.05) is 20.8 Å². The molecule has 1 saturated heterocycles. The highest BCUT2D eigenvalue weighted by atomic mass is 32.1. The van der Waals surface area contributed by atoms with E-state index in [2.05, 4.69) is 9.88 Å². The minimum Gasteiger partial charge on any atom is -0.444 e. The van der Waals surface area contributed by atoms with Crippen LogP contribution >= 0.6 is 11.3 Å². The van der Waals surface area contributed by atoms with Gasteiger partial charge >= 0.3 is 6.09 Å². The van der Waals surface area contributed by atoms with Gasteiger partial charge in [0, 0.05) is 45.7 Å². The lowest BCUT2D eigenvalue weighted by Crippen LogP contribution is -2.39. The van der Waals surface area contributed by atoms with Crippen LogP contribution in [0.2, 0.25) is 0 Å². The third kappa shape index (κ3) is 4.83. The van der Waals surface area contributed by atoms with Crippen LogP contribution in [0.5, 0.6) is 0 Å². The van der Waals surface area contributed by atoms with Crippen molar-refractivity contribution in [2.45, 2.75) is 32.8 Å². The molecule has 2 rings (SSSR count).